The maximum atomic E-state index is 5.79. The van der Waals surface area contributed by atoms with Crippen molar-refractivity contribution < 1.29 is 23.7 Å². The molecule has 0 aliphatic carbocycles. The van der Waals surface area contributed by atoms with Gasteiger partial charge in [0, 0.05) is 13.5 Å². The predicted molar refractivity (Wildman–Crippen MR) is 70.0 cm³/mol. The number of hydrogen-bond donors (Lipinski definition) is 0. The van der Waals surface area contributed by atoms with Crippen LogP contribution in [0.1, 0.15) is 24.5 Å². The molecule has 0 saturated carbocycles. The van der Waals surface area contributed by atoms with Crippen LogP contribution in [-0.4, -0.2) is 34.7 Å². The minimum absolute atomic E-state index is 0.00124. The lowest BCUT2D eigenvalue weighted by Gasteiger charge is -2.17. The molecule has 5 nitrogen and oxygen atoms in total. The highest BCUT2D eigenvalue weighted by atomic mass is 16.7. The van der Waals surface area contributed by atoms with Crippen LogP contribution in [-0.2, 0) is 9.47 Å². The van der Waals surface area contributed by atoms with Crippen molar-refractivity contribution in [3.63, 3.8) is 0 Å². The molecular weight excluding hydrogens is 248 g/mol. The largest absolute Gasteiger partial charge is 0.493 e. The van der Waals surface area contributed by atoms with Crippen molar-refractivity contribution in [3.05, 3.63) is 17.7 Å². The summed E-state index contributed by atoms with van der Waals surface area (Å²) < 4.78 is 27.0. The molecule has 2 rings (SSSR count). The van der Waals surface area contributed by atoms with Crippen molar-refractivity contribution in [2.45, 2.75) is 25.2 Å². The van der Waals surface area contributed by atoms with Crippen LogP contribution in [0.25, 0.3) is 0 Å². The molecule has 5 heteroatoms. The second-order valence-electron chi connectivity index (χ2n) is 4.33. The van der Waals surface area contributed by atoms with E-state index in [2.05, 4.69) is 0 Å². The van der Waals surface area contributed by atoms with Gasteiger partial charge in [0.1, 0.15) is 0 Å². The third-order valence-electron chi connectivity index (χ3n) is 3.30. The summed E-state index contributed by atoms with van der Waals surface area (Å²) in [4.78, 5) is 0. The first-order chi connectivity index (χ1) is 9.23. The molecule has 19 heavy (non-hydrogen) atoms. The van der Waals surface area contributed by atoms with Gasteiger partial charge >= 0.3 is 0 Å². The third-order valence-corrected chi connectivity index (χ3v) is 3.30. The van der Waals surface area contributed by atoms with Crippen LogP contribution in [0, 0.1) is 0 Å². The van der Waals surface area contributed by atoms with Gasteiger partial charge in [-0.05, 0) is 24.1 Å². The quantitative estimate of drug-likeness (QED) is 0.821. The van der Waals surface area contributed by atoms with Gasteiger partial charge in [0.05, 0.1) is 27.4 Å². The Morgan fingerprint density at radius 2 is 1.58 bits per heavy atom. The topological polar surface area (TPSA) is 46.2 Å². The number of ether oxygens (including phenoxy) is 5. The van der Waals surface area contributed by atoms with E-state index in [-0.39, 0.29) is 12.4 Å². The van der Waals surface area contributed by atoms with Gasteiger partial charge in [-0.25, -0.2) is 0 Å². The van der Waals surface area contributed by atoms with Crippen LogP contribution in [0.3, 0.4) is 0 Å². The Kier molecular flexibility index (Phi) is 4.50. The summed E-state index contributed by atoms with van der Waals surface area (Å²) in [7, 11) is 6.46. The molecule has 0 spiro atoms. The molecule has 1 aromatic rings. The SMILES string of the molecule is COc1cc([C@@H]2CC[C@H](OC)O2)cc(OC)c1OC. The molecular formula is C14H20O5. The fourth-order valence-corrected chi connectivity index (χ4v) is 2.31. The fourth-order valence-electron chi connectivity index (χ4n) is 2.31. The lowest BCUT2D eigenvalue weighted by molar-refractivity contribution is -0.115. The van der Waals surface area contributed by atoms with E-state index in [4.69, 9.17) is 23.7 Å². The van der Waals surface area contributed by atoms with Gasteiger partial charge in [-0.15, -0.1) is 0 Å². The highest BCUT2D eigenvalue weighted by Crippen LogP contribution is 2.43. The molecule has 1 heterocycles. The molecule has 0 unspecified atom stereocenters. The maximum absolute atomic E-state index is 5.79. The smallest absolute Gasteiger partial charge is 0.203 e. The molecule has 106 valence electrons. The van der Waals surface area contributed by atoms with Crippen molar-refractivity contribution in [2.75, 3.05) is 28.4 Å². The molecule has 1 aromatic carbocycles. The van der Waals surface area contributed by atoms with Crippen LogP contribution in [0.4, 0.5) is 0 Å². The Morgan fingerprint density at radius 3 is 2.00 bits per heavy atom. The van der Waals surface area contributed by atoms with E-state index in [1.165, 1.54) is 0 Å². The van der Waals surface area contributed by atoms with Crippen molar-refractivity contribution >= 4 is 0 Å². The van der Waals surface area contributed by atoms with Crippen molar-refractivity contribution in [3.8, 4) is 17.2 Å². The second kappa shape index (κ2) is 6.12. The monoisotopic (exact) mass is 268 g/mol. The molecule has 0 N–H and O–H groups in total. The van der Waals surface area contributed by atoms with Crippen LogP contribution >= 0.6 is 0 Å². The average molecular weight is 268 g/mol. The van der Waals surface area contributed by atoms with Crippen molar-refractivity contribution in [1.82, 2.24) is 0 Å². The highest BCUT2D eigenvalue weighted by molar-refractivity contribution is 5.54. The highest BCUT2D eigenvalue weighted by Gasteiger charge is 2.28. The van der Waals surface area contributed by atoms with Gasteiger partial charge in [0.15, 0.2) is 17.8 Å². The minimum Gasteiger partial charge on any atom is -0.493 e. The molecule has 0 radical (unpaired) electrons. The van der Waals surface area contributed by atoms with Crippen LogP contribution in [0.5, 0.6) is 17.2 Å². The summed E-state index contributed by atoms with van der Waals surface area (Å²) in [6.45, 7) is 0. The number of methoxy groups -OCH3 is 4. The van der Waals surface area contributed by atoms with E-state index >= 15 is 0 Å². The maximum Gasteiger partial charge on any atom is 0.203 e. The fraction of sp³-hybridized carbons (Fsp3) is 0.571. The third kappa shape index (κ3) is 2.77. The van der Waals surface area contributed by atoms with Gasteiger partial charge in [-0.3, -0.25) is 0 Å². The summed E-state index contributed by atoms with van der Waals surface area (Å²) in [5, 5.41) is 0. The van der Waals surface area contributed by atoms with Crippen LogP contribution in [0.15, 0.2) is 12.1 Å². The van der Waals surface area contributed by atoms with Crippen molar-refractivity contribution in [1.29, 1.82) is 0 Å². The molecule has 0 aromatic heterocycles. The summed E-state index contributed by atoms with van der Waals surface area (Å²) >= 11 is 0. The van der Waals surface area contributed by atoms with Gasteiger partial charge in [0.2, 0.25) is 5.75 Å². The van der Waals surface area contributed by atoms with E-state index in [0.29, 0.717) is 17.2 Å². The first kappa shape index (κ1) is 14.0. The first-order valence-corrected chi connectivity index (χ1v) is 6.21. The zero-order chi connectivity index (χ0) is 13.8. The molecule has 0 amide bonds. The lowest BCUT2D eigenvalue weighted by atomic mass is 10.1. The van der Waals surface area contributed by atoms with E-state index < -0.39 is 0 Å². The number of hydrogen-bond acceptors (Lipinski definition) is 5. The Hall–Kier alpha value is -1.46. The normalized spacial score (nSPS) is 22.3. The lowest BCUT2D eigenvalue weighted by Crippen LogP contribution is -2.08. The van der Waals surface area contributed by atoms with Gasteiger partial charge < -0.3 is 23.7 Å². The number of rotatable bonds is 5. The summed E-state index contributed by atoms with van der Waals surface area (Å²) in [6.07, 6.45) is 1.66. The van der Waals surface area contributed by atoms with Crippen LogP contribution < -0.4 is 14.2 Å². The second-order valence-corrected chi connectivity index (χ2v) is 4.33. The van der Waals surface area contributed by atoms with Gasteiger partial charge in [-0.2, -0.15) is 0 Å². The minimum atomic E-state index is -0.135. The Morgan fingerprint density at radius 1 is 0.947 bits per heavy atom. The Balaban J connectivity index is 2.31. The van der Waals surface area contributed by atoms with E-state index in [1.54, 1.807) is 28.4 Å². The zero-order valence-corrected chi connectivity index (χ0v) is 11.8. The molecule has 1 fully saturated rings. The Labute approximate surface area is 113 Å². The predicted octanol–water partition coefficient (Wildman–Crippen LogP) is 2.54. The van der Waals surface area contributed by atoms with Crippen LogP contribution in [0.2, 0.25) is 0 Å². The molecule has 0 bridgehead atoms. The first-order valence-electron chi connectivity index (χ1n) is 6.21. The molecule has 1 aliphatic heterocycles. The van der Waals surface area contributed by atoms with E-state index in [1.807, 2.05) is 12.1 Å². The molecule has 1 saturated heterocycles. The van der Waals surface area contributed by atoms with Gasteiger partial charge in [-0.1, -0.05) is 0 Å². The average Bonchev–Trinajstić information content (AvgIpc) is 2.94. The van der Waals surface area contributed by atoms with E-state index in [0.717, 1.165) is 18.4 Å². The van der Waals surface area contributed by atoms with E-state index in [9.17, 15) is 0 Å². The number of benzene rings is 1. The molecule has 2 atom stereocenters. The molecule has 1 aliphatic rings. The Bertz CT molecular complexity index is 407. The summed E-state index contributed by atoms with van der Waals surface area (Å²) in [6, 6.07) is 3.84. The van der Waals surface area contributed by atoms with Crippen molar-refractivity contribution in [2.24, 2.45) is 0 Å². The summed E-state index contributed by atoms with van der Waals surface area (Å²) in [5.41, 5.74) is 1.01. The summed E-state index contributed by atoms with van der Waals surface area (Å²) in [5.74, 6) is 1.87. The van der Waals surface area contributed by atoms with Gasteiger partial charge in [0.25, 0.3) is 0 Å². The standard InChI is InChI=1S/C14H20O5/c1-15-11-7-9(8-12(16-2)14(11)18-4)10-5-6-13(17-3)19-10/h7-8,10,13H,5-6H2,1-4H3/t10-,13+/m0/s1. The zero-order valence-electron chi connectivity index (χ0n) is 11.8.